The van der Waals surface area contributed by atoms with Crippen LogP contribution in [0, 0.1) is 22.8 Å². The summed E-state index contributed by atoms with van der Waals surface area (Å²) in [4.78, 5) is 28.6. The Bertz CT molecular complexity index is 1210. The van der Waals surface area contributed by atoms with Crippen molar-refractivity contribution in [3.8, 4) is 6.07 Å². The van der Waals surface area contributed by atoms with Gasteiger partial charge in [-0.2, -0.15) is 10.4 Å². The summed E-state index contributed by atoms with van der Waals surface area (Å²) in [5.74, 6) is -2.52. The summed E-state index contributed by atoms with van der Waals surface area (Å²) in [7, 11) is 0. The van der Waals surface area contributed by atoms with Crippen molar-refractivity contribution in [2.75, 3.05) is 11.5 Å². The van der Waals surface area contributed by atoms with Crippen LogP contribution in [0.15, 0.2) is 41.5 Å². The second-order valence-electron chi connectivity index (χ2n) is 8.55. The Balaban J connectivity index is 1.76. The summed E-state index contributed by atoms with van der Waals surface area (Å²) in [6.07, 6.45) is -1.10. The zero-order valence-corrected chi connectivity index (χ0v) is 16.7. The van der Waals surface area contributed by atoms with E-state index in [1.165, 1.54) is 6.07 Å². The van der Waals surface area contributed by atoms with Gasteiger partial charge in [0, 0.05) is 30.2 Å². The Morgan fingerprint density at radius 3 is 2.65 bits per heavy atom. The Morgan fingerprint density at radius 1 is 1.29 bits per heavy atom. The van der Waals surface area contributed by atoms with Gasteiger partial charge in [-0.05, 0) is 19.1 Å². The number of aliphatic hydroxyl groups is 2. The summed E-state index contributed by atoms with van der Waals surface area (Å²) >= 11 is 0. The number of carbonyl (C=O) groups is 2. The molecule has 5 rings (SSSR count). The van der Waals surface area contributed by atoms with E-state index in [2.05, 4.69) is 11.2 Å². The molecule has 9 heteroatoms. The van der Waals surface area contributed by atoms with Crippen LogP contribution in [0.25, 0.3) is 10.8 Å². The van der Waals surface area contributed by atoms with Gasteiger partial charge in [0.05, 0.1) is 23.4 Å². The molecule has 0 spiro atoms. The third kappa shape index (κ3) is 2.05. The largest absolute Gasteiger partial charge is 0.396 e. The monoisotopic (exact) mass is 420 g/mol. The van der Waals surface area contributed by atoms with Gasteiger partial charge < -0.3 is 14.9 Å². The first-order valence-electron chi connectivity index (χ1n) is 9.99. The van der Waals surface area contributed by atoms with Crippen molar-refractivity contribution in [3.63, 3.8) is 0 Å². The molecule has 31 heavy (non-hydrogen) atoms. The van der Waals surface area contributed by atoms with Crippen molar-refractivity contribution in [2.45, 2.75) is 42.6 Å². The number of rotatable bonds is 4. The van der Waals surface area contributed by atoms with Crippen molar-refractivity contribution in [3.05, 3.63) is 42.0 Å². The van der Waals surface area contributed by atoms with Gasteiger partial charge in [-0.25, -0.2) is 10.4 Å². The average Bonchev–Trinajstić information content (AvgIpc) is 3.25. The minimum Gasteiger partial charge on any atom is -0.396 e. The van der Waals surface area contributed by atoms with Crippen LogP contribution in [-0.4, -0.2) is 51.5 Å². The first-order chi connectivity index (χ1) is 14.8. The second-order valence-corrected chi connectivity index (χ2v) is 8.55. The van der Waals surface area contributed by atoms with Gasteiger partial charge in [-0.15, -0.1) is 0 Å². The minimum atomic E-state index is -1.87. The number of aliphatic hydroxyl groups excluding tert-OH is 2. The lowest BCUT2D eigenvalue weighted by molar-refractivity contribution is -0.134. The molecule has 3 saturated heterocycles. The first-order valence-corrected chi connectivity index (χ1v) is 9.99. The predicted octanol–water partition coefficient (Wildman–Crippen LogP) is 1.65. The molecule has 0 radical (unpaired) electrons. The molecular weight excluding hydrogens is 400 g/mol. The summed E-state index contributed by atoms with van der Waals surface area (Å²) in [5.41, 5.74) is 3.93. The quantitative estimate of drug-likeness (QED) is 0.506. The molecule has 9 nitrogen and oxygen atoms in total. The number of carbonyl (C=O) groups excluding carboxylic acids is 2. The third-order valence-corrected chi connectivity index (χ3v) is 7.24. The zero-order valence-electron chi connectivity index (χ0n) is 16.7. The highest BCUT2D eigenvalue weighted by molar-refractivity contribution is 6.29. The van der Waals surface area contributed by atoms with Crippen molar-refractivity contribution in [1.29, 1.82) is 10.8 Å². The van der Waals surface area contributed by atoms with E-state index in [1.54, 1.807) is 37.3 Å². The van der Waals surface area contributed by atoms with E-state index in [-0.39, 0.29) is 19.4 Å². The fourth-order valence-corrected chi connectivity index (χ4v) is 5.89. The number of anilines is 1. The molecule has 0 aliphatic carbocycles. The summed E-state index contributed by atoms with van der Waals surface area (Å²) in [6, 6.07) is 12.2. The fraction of sp³-hybridized carbons (Fsp3) is 0.409. The number of ether oxygens (including phenoxy) is 1. The number of amides is 2. The van der Waals surface area contributed by atoms with E-state index >= 15 is 0 Å². The van der Waals surface area contributed by atoms with E-state index < -0.39 is 40.6 Å². The third-order valence-electron chi connectivity index (χ3n) is 7.24. The maximum Gasteiger partial charge on any atom is 0.267 e. The Hall–Kier alpha value is -3.19. The maximum atomic E-state index is 13.9. The van der Waals surface area contributed by atoms with Crippen molar-refractivity contribution >= 4 is 28.3 Å². The fourth-order valence-electron chi connectivity index (χ4n) is 5.89. The standard InChI is InChI=1S/C22H20N4O5/c1-20-16(28)10-21(31-20,8-9-27)22(25-24)17(20)18(29)26(19(22)30)15-7-6-12(11-23)13-4-2-3-5-14(13)15/h2-7,16-17,24,27-28H,8-10H2,1H3/t16-,17?,20?,21?,22-/m1/s1. The van der Waals surface area contributed by atoms with Crippen LogP contribution in [0.2, 0.25) is 0 Å². The number of nitriles is 1. The SMILES string of the molecule is CC12OC(CCO)(C[C@H]1O)[C@]1(N=N)C(=O)N(c3ccc(C#N)c4ccccc34)C(=O)C21. The van der Waals surface area contributed by atoms with Crippen molar-refractivity contribution < 1.29 is 24.5 Å². The van der Waals surface area contributed by atoms with Gasteiger partial charge in [-0.1, -0.05) is 24.3 Å². The molecule has 2 bridgehead atoms. The predicted molar refractivity (Wildman–Crippen MR) is 107 cm³/mol. The summed E-state index contributed by atoms with van der Waals surface area (Å²) in [5, 5.41) is 34.6. The number of nitrogens with one attached hydrogen (secondary N) is 1. The number of imide groups is 1. The van der Waals surface area contributed by atoms with Gasteiger partial charge in [0.1, 0.15) is 17.1 Å². The average molecular weight is 420 g/mol. The topological polar surface area (TPSA) is 147 Å². The summed E-state index contributed by atoms with van der Waals surface area (Å²) in [6.45, 7) is 1.20. The second kappa shape index (κ2) is 6.17. The number of fused-ring (bicyclic) bond motifs is 6. The zero-order chi connectivity index (χ0) is 22.2. The van der Waals surface area contributed by atoms with E-state index in [9.17, 15) is 25.1 Å². The van der Waals surface area contributed by atoms with Crippen LogP contribution in [-0.2, 0) is 14.3 Å². The Kier molecular flexibility index (Phi) is 3.93. The molecule has 3 heterocycles. The molecule has 3 aliphatic rings. The van der Waals surface area contributed by atoms with E-state index in [0.29, 0.717) is 22.0 Å². The Morgan fingerprint density at radius 2 is 2.00 bits per heavy atom. The van der Waals surface area contributed by atoms with Crippen LogP contribution < -0.4 is 4.90 Å². The highest BCUT2D eigenvalue weighted by Crippen LogP contribution is 2.66. The van der Waals surface area contributed by atoms with Crippen molar-refractivity contribution in [1.82, 2.24) is 0 Å². The number of hydrogen-bond donors (Lipinski definition) is 3. The maximum absolute atomic E-state index is 13.9. The lowest BCUT2D eigenvalue weighted by atomic mass is 9.61. The molecule has 3 aliphatic heterocycles. The van der Waals surface area contributed by atoms with Crippen LogP contribution in [0.1, 0.15) is 25.3 Å². The molecule has 3 unspecified atom stereocenters. The van der Waals surface area contributed by atoms with Crippen LogP contribution >= 0.6 is 0 Å². The molecule has 158 valence electrons. The molecule has 2 aromatic rings. The molecule has 3 fully saturated rings. The van der Waals surface area contributed by atoms with Gasteiger partial charge in [-0.3, -0.25) is 9.59 Å². The van der Waals surface area contributed by atoms with Gasteiger partial charge in [0.25, 0.3) is 5.91 Å². The highest BCUT2D eigenvalue weighted by atomic mass is 16.6. The lowest BCUT2D eigenvalue weighted by Crippen LogP contribution is -2.61. The first kappa shape index (κ1) is 19.8. The number of hydrogen-bond acceptors (Lipinski definition) is 8. The molecule has 2 amide bonds. The molecular formula is C22H20N4O5. The highest BCUT2D eigenvalue weighted by Gasteiger charge is 2.85. The van der Waals surface area contributed by atoms with Gasteiger partial charge in [0.2, 0.25) is 11.4 Å². The van der Waals surface area contributed by atoms with E-state index in [0.717, 1.165) is 4.90 Å². The molecule has 5 atom stereocenters. The van der Waals surface area contributed by atoms with Gasteiger partial charge in [0.15, 0.2) is 0 Å². The smallest absolute Gasteiger partial charge is 0.267 e. The van der Waals surface area contributed by atoms with Gasteiger partial charge >= 0.3 is 0 Å². The molecule has 2 aromatic carbocycles. The molecule has 0 saturated carbocycles. The van der Waals surface area contributed by atoms with E-state index in [4.69, 9.17) is 10.3 Å². The van der Waals surface area contributed by atoms with Crippen LogP contribution in [0.5, 0.6) is 0 Å². The molecule has 3 N–H and O–H groups in total. The number of benzene rings is 2. The normalized spacial score (nSPS) is 36.1. The van der Waals surface area contributed by atoms with E-state index in [1.807, 2.05) is 0 Å². The minimum absolute atomic E-state index is 0.0100. The molecule has 0 aromatic heterocycles. The lowest BCUT2D eigenvalue weighted by Gasteiger charge is -2.39. The van der Waals surface area contributed by atoms with Crippen LogP contribution in [0.3, 0.4) is 0 Å². The summed E-state index contributed by atoms with van der Waals surface area (Å²) < 4.78 is 6.08. The van der Waals surface area contributed by atoms with Crippen LogP contribution in [0.4, 0.5) is 5.69 Å². The Labute approximate surface area is 177 Å². The van der Waals surface area contributed by atoms with Crippen molar-refractivity contribution in [2.24, 2.45) is 11.0 Å². The number of nitrogens with zero attached hydrogens (tertiary/aromatic N) is 3.